The molecule has 1 N–H and O–H groups in total. The number of benzene rings is 1. The van der Waals surface area contributed by atoms with Crippen LogP contribution < -0.4 is 14.8 Å². The monoisotopic (exact) mass is 316 g/mol. The number of hydrogen-bond donors (Lipinski definition) is 1. The number of carbonyl (C=O) groups is 1. The van der Waals surface area contributed by atoms with Crippen LogP contribution in [0.4, 0.5) is 0 Å². The standard InChI is InChI=1S/C18H24N2O3/c1-2-15-11-22-17-8-13(3-4-16(17)23-15)18(21)19-14-7-12-5-6-20(9-12)10-14/h3-4,8,12,14-15H,2,5-7,9-11H2,1H3,(H,19,21)/t12-,14-,15+/m1/s1. The predicted molar refractivity (Wildman–Crippen MR) is 87.1 cm³/mol. The number of carbonyl (C=O) groups excluding carboxylic acids is 1. The Balaban J connectivity index is 1.43. The zero-order valence-corrected chi connectivity index (χ0v) is 13.6. The van der Waals surface area contributed by atoms with Gasteiger partial charge < -0.3 is 19.7 Å². The molecule has 5 heteroatoms. The Hall–Kier alpha value is -1.75. The van der Waals surface area contributed by atoms with Gasteiger partial charge in [-0.1, -0.05) is 6.92 Å². The Bertz CT molecular complexity index is 592. The first-order valence-corrected chi connectivity index (χ1v) is 8.68. The fourth-order valence-electron chi connectivity index (χ4n) is 3.89. The third-order valence-corrected chi connectivity index (χ3v) is 5.18. The molecule has 1 unspecified atom stereocenters. The third-order valence-electron chi connectivity index (χ3n) is 5.18. The molecule has 0 aliphatic carbocycles. The van der Waals surface area contributed by atoms with Gasteiger partial charge in [-0.15, -0.1) is 0 Å². The van der Waals surface area contributed by atoms with Gasteiger partial charge in [0, 0.05) is 24.7 Å². The van der Waals surface area contributed by atoms with Crippen LogP contribution in [0.2, 0.25) is 0 Å². The van der Waals surface area contributed by atoms with E-state index < -0.39 is 0 Å². The van der Waals surface area contributed by atoms with Gasteiger partial charge in [-0.3, -0.25) is 4.79 Å². The van der Waals surface area contributed by atoms with Crippen LogP contribution in [0.3, 0.4) is 0 Å². The molecule has 4 atom stereocenters. The van der Waals surface area contributed by atoms with Crippen molar-refractivity contribution in [3.8, 4) is 11.5 Å². The van der Waals surface area contributed by atoms with E-state index in [2.05, 4.69) is 17.1 Å². The summed E-state index contributed by atoms with van der Waals surface area (Å²) < 4.78 is 11.6. The minimum absolute atomic E-state index is 0.0125. The highest BCUT2D eigenvalue weighted by molar-refractivity contribution is 5.95. The highest BCUT2D eigenvalue weighted by atomic mass is 16.6. The molecule has 2 bridgehead atoms. The van der Waals surface area contributed by atoms with E-state index in [4.69, 9.17) is 9.47 Å². The van der Waals surface area contributed by atoms with Crippen molar-refractivity contribution >= 4 is 5.91 Å². The van der Waals surface area contributed by atoms with Gasteiger partial charge in [0.05, 0.1) is 0 Å². The van der Waals surface area contributed by atoms with E-state index in [9.17, 15) is 4.79 Å². The van der Waals surface area contributed by atoms with Crippen LogP contribution in [0, 0.1) is 5.92 Å². The van der Waals surface area contributed by atoms with Crippen LogP contribution in [-0.4, -0.2) is 49.2 Å². The predicted octanol–water partition coefficient (Wildman–Crippen LogP) is 2.06. The molecule has 124 valence electrons. The number of fused-ring (bicyclic) bond motifs is 3. The molecule has 0 saturated carbocycles. The lowest BCUT2D eigenvalue weighted by Crippen LogP contribution is -2.47. The first-order chi connectivity index (χ1) is 11.2. The molecular weight excluding hydrogens is 292 g/mol. The molecule has 23 heavy (non-hydrogen) atoms. The maximum Gasteiger partial charge on any atom is 0.251 e. The van der Waals surface area contributed by atoms with Gasteiger partial charge in [0.2, 0.25) is 0 Å². The molecule has 4 rings (SSSR count). The highest BCUT2D eigenvalue weighted by Gasteiger charge is 2.33. The maximum atomic E-state index is 12.5. The number of ether oxygens (including phenoxy) is 2. The fourth-order valence-corrected chi connectivity index (χ4v) is 3.89. The molecule has 5 nitrogen and oxygen atoms in total. The smallest absolute Gasteiger partial charge is 0.251 e. The van der Waals surface area contributed by atoms with Crippen molar-refractivity contribution in [3.05, 3.63) is 23.8 Å². The number of rotatable bonds is 3. The van der Waals surface area contributed by atoms with E-state index in [1.165, 1.54) is 19.5 Å². The van der Waals surface area contributed by atoms with Crippen molar-refractivity contribution in [1.29, 1.82) is 0 Å². The molecule has 0 spiro atoms. The molecular formula is C18H24N2O3. The Labute approximate surface area is 136 Å². The summed E-state index contributed by atoms with van der Waals surface area (Å²) in [6.45, 7) is 5.99. The number of amides is 1. The summed E-state index contributed by atoms with van der Waals surface area (Å²) in [5.41, 5.74) is 0.648. The van der Waals surface area contributed by atoms with Crippen molar-refractivity contribution in [2.75, 3.05) is 26.2 Å². The summed E-state index contributed by atoms with van der Waals surface area (Å²) in [6.07, 6.45) is 3.40. The third kappa shape index (κ3) is 3.02. The normalized spacial score (nSPS) is 31.7. The van der Waals surface area contributed by atoms with Gasteiger partial charge in [0.15, 0.2) is 11.5 Å². The molecule has 1 aromatic carbocycles. The fraction of sp³-hybridized carbons (Fsp3) is 0.611. The van der Waals surface area contributed by atoms with Crippen LogP contribution in [0.25, 0.3) is 0 Å². The summed E-state index contributed by atoms with van der Waals surface area (Å²) in [6, 6.07) is 5.74. The molecule has 2 saturated heterocycles. The second kappa shape index (κ2) is 6.04. The van der Waals surface area contributed by atoms with Crippen molar-refractivity contribution in [1.82, 2.24) is 10.2 Å². The minimum Gasteiger partial charge on any atom is -0.486 e. The zero-order valence-electron chi connectivity index (χ0n) is 13.6. The Morgan fingerprint density at radius 2 is 2.26 bits per heavy atom. The van der Waals surface area contributed by atoms with Gasteiger partial charge in [0.25, 0.3) is 5.91 Å². The lowest BCUT2D eigenvalue weighted by Gasteiger charge is -2.30. The van der Waals surface area contributed by atoms with Gasteiger partial charge in [-0.25, -0.2) is 0 Å². The second-order valence-electron chi connectivity index (χ2n) is 6.94. The lowest BCUT2D eigenvalue weighted by molar-refractivity contribution is 0.0867. The van der Waals surface area contributed by atoms with Crippen LogP contribution in [0.5, 0.6) is 11.5 Å². The van der Waals surface area contributed by atoms with Gasteiger partial charge in [-0.05, 0) is 49.9 Å². The van der Waals surface area contributed by atoms with Crippen LogP contribution in [0.15, 0.2) is 18.2 Å². The van der Waals surface area contributed by atoms with E-state index >= 15 is 0 Å². The van der Waals surface area contributed by atoms with Gasteiger partial charge in [-0.2, -0.15) is 0 Å². The maximum absolute atomic E-state index is 12.5. The average Bonchev–Trinajstić information content (AvgIpc) is 2.92. The number of hydrogen-bond acceptors (Lipinski definition) is 4. The molecule has 0 aromatic heterocycles. The zero-order chi connectivity index (χ0) is 15.8. The molecule has 3 aliphatic heterocycles. The topological polar surface area (TPSA) is 50.8 Å². The van der Waals surface area contributed by atoms with E-state index in [1.807, 2.05) is 12.1 Å². The summed E-state index contributed by atoms with van der Waals surface area (Å²) in [7, 11) is 0. The van der Waals surface area contributed by atoms with Gasteiger partial charge in [0.1, 0.15) is 12.7 Å². The van der Waals surface area contributed by atoms with Crippen LogP contribution >= 0.6 is 0 Å². The summed E-state index contributed by atoms with van der Waals surface area (Å²) >= 11 is 0. The largest absolute Gasteiger partial charge is 0.486 e. The number of nitrogens with one attached hydrogen (secondary N) is 1. The van der Waals surface area contributed by atoms with E-state index in [-0.39, 0.29) is 18.1 Å². The first-order valence-electron chi connectivity index (χ1n) is 8.68. The van der Waals surface area contributed by atoms with E-state index in [0.29, 0.717) is 17.9 Å². The quantitative estimate of drug-likeness (QED) is 0.927. The van der Waals surface area contributed by atoms with E-state index in [0.717, 1.165) is 31.1 Å². The molecule has 0 radical (unpaired) electrons. The van der Waals surface area contributed by atoms with Crippen molar-refractivity contribution < 1.29 is 14.3 Å². The number of nitrogens with zero attached hydrogens (tertiary/aromatic N) is 1. The SMILES string of the molecule is CC[C@H]1COc2cc(C(=O)N[C@@H]3C[C@H]4CCN(C4)C3)ccc2O1. The van der Waals surface area contributed by atoms with Crippen molar-refractivity contribution in [2.45, 2.75) is 38.3 Å². The Morgan fingerprint density at radius 1 is 1.35 bits per heavy atom. The van der Waals surface area contributed by atoms with E-state index in [1.54, 1.807) is 6.07 Å². The minimum atomic E-state index is -0.0125. The van der Waals surface area contributed by atoms with Crippen molar-refractivity contribution in [2.24, 2.45) is 5.92 Å². The summed E-state index contributed by atoms with van der Waals surface area (Å²) in [4.78, 5) is 15.0. The van der Waals surface area contributed by atoms with Crippen LogP contribution in [-0.2, 0) is 0 Å². The molecule has 1 amide bonds. The average molecular weight is 316 g/mol. The molecule has 3 aliphatic rings. The Kier molecular flexibility index (Phi) is 3.89. The van der Waals surface area contributed by atoms with Crippen LogP contribution in [0.1, 0.15) is 36.5 Å². The molecule has 2 fully saturated rings. The first kappa shape index (κ1) is 14.8. The second-order valence-corrected chi connectivity index (χ2v) is 6.94. The molecule has 3 heterocycles. The lowest BCUT2D eigenvalue weighted by atomic mass is 9.96. The highest BCUT2D eigenvalue weighted by Crippen LogP contribution is 2.33. The van der Waals surface area contributed by atoms with Crippen molar-refractivity contribution in [3.63, 3.8) is 0 Å². The van der Waals surface area contributed by atoms with Gasteiger partial charge >= 0.3 is 0 Å². The summed E-state index contributed by atoms with van der Waals surface area (Å²) in [5.74, 6) is 2.15. The summed E-state index contributed by atoms with van der Waals surface area (Å²) in [5, 5.41) is 3.19. The Morgan fingerprint density at radius 3 is 3.09 bits per heavy atom. The molecule has 1 aromatic rings. The number of piperidine rings is 1.